The minimum absolute atomic E-state index is 0.722. The van der Waals surface area contributed by atoms with E-state index in [1.54, 1.807) is 0 Å². The Morgan fingerprint density at radius 2 is 2.32 bits per heavy atom. The molecular weight excluding hydrogens is 236 g/mol. The lowest BCUT2D eigenvalue weighted by molar-refractivity contribution is 0.340. The third kappa shape index (κ3) is 2.47. The summed E-state index contributed by atoms with van der Waals surface area (Å²) in [5.41, 5.74) is 2.75. The predicted octanol–water partition coefficient (Wildman–Crippen LogP) is 2.73. The molecule has 19 heavy (non-hydrogen) atoms. The molecule has 1 aromatic carbocycles. The molecule has 1 saturated heterocycles. The van der Waals surface area contributed by atoms with E-state index in [1.807, 2.05) is 6.92 Å². The Balaban J connectivity index is 1.95. The van der Waals surface area contributed by atoms with Gasteiger partial charge in [0.1, 0.15) is 5.75 Å². The van der Waals surface area contributed by atoms with E-state index in [4.69, 9.17) is 4.74 Å². The molecular formula is C16H22N2O. The topological polar surface area (TPSA) is 26.2 Å². The Kier molecular flexibility index (Phi) is 3.47. The minimum Gasteiger partial charge on any atom is -0.494 e. The standard InChI is InChI=1S/C16H22N2O/c1-3-19-14-4-5-16-15(9-14)13(11-18(16)2)8-12-6-7-17-10-12/h4-5,9,11-12,17H,3,6-8,10H2,1-2H3. The highest BCUT2D eigenvalue weighted by Gasteiger charge is 2.17. The molecule has 0 amide bonds. The molecule has 102 valence electrons. The van der Waals surface area contributed by atoms with Gasteiger partial charge in [-0.1, -0.05) is 0 Å². The molecule has 1 aliphatic heterocycles. The summed E-state index contributed by atoms with van der Waals surface area (Å²) >= 11 is 0. The average Bonchev–Trinajstić information content (AvgIpc) is 3.00. The number of aryl methyl sites for hydroxylation is 1. The Labute approximate surface area is 114 Å². The molecule has 1 aliphatic rings. The number of benzene rings is 1. The van der Waals surface area contributed by atoms with Crippen LogP contribution < -0.4 is 10.1 Å². The normalized spacial score (nSPS) is 19.2. The van der Waals surface area contributed by atoms with Crippen molar-refractivity contribution in [2.45, 2.75) is 19.8 Å². The fraction of sp³-hybridized carbons (Fsp3) is 0.500. The van der Waals surface area contributed by atoms with Gasteiger partial charge in [0.2, 0.25) is 0 Å². The van der Waals surface area contributed by atoms with Gasteiger partial charge in [-0.2, -0.15) is 0 Å². The maximum Gasteiger partial charge on any atom is 0.120 e. The number of hydrogen-bond acceptors (Lipinski definition) is 2. The van der Waals surface area contributed by atoms with Gasteiger partial charge in [0, 0.05) is 24.1 Å². The summed E-state index contributed by atoms with van der Waals surface area (Å²) in [5.74, 6) is 1.76. The van der Waals surface area contributed by atoms with Gasteiger partial charge in [0.15, 0.2) is 0 Å². The molecule has 3 rings (SSSR count). The molecule has 1 N–H and O–H groups in total. The maximum atomic E-state index is 5.63. The molecule has 0 aliphatic carbocycles. The number of ether oxygens (including phenoxy) is 1. The van der Waals surface area contributed by atoms with Gasteiger partial charge in [0.25, 0.3) is 0 Å². The van der Waals surface area contributed by atoms with Crippen molar-refractivity contribution in [1.82, 2.24) is 9.88 Å². The second-order valence-electron chi connectivity index (χ2n) is 5.44. The highest BCUT2D eigenvalue weighted by atomic mass is 16.5. The van der Waals surface area contributed by atoms with Crippen molar-refractivity contribution >= 4 is 10.9 Å². The zero-order valence-corrected chi connectivity index (χ0v) is 11.8. The summed E-state index contributed by atoms with van der Waals surface area (Å²) in [7, 11) is 2.12. The number of nitrogens with one attached hydrogen (secondary N) is 1. The largest absolute Gasteiger partial charge is 0.494 e. The van der Waals surface area contributed by atoms with E-state index in [2.05, 4.69) is 41.3 Å². The highest BCUT2D eigenvalue weighted by Crippen LogP contribution is 2.28. The van der Waals surface area contributed by atoms with Crippen LogP contribution in [-0.2, 0) is 13.5 Å². The highest BCUT2D eigenvalue weighted by molar-refractivity contribution is 5.85. The van der Waals surface area contributed by atoms with Gasteiger partial charge in [-0.05, 0) is 62.5 Å². The lowest BCUT2D eigenvalue weighted by Crippen LogP contribution is -2.10. The molecule has 3 nitrogen and oxygen atoms in total. The molecule has 0 bridgehead atoms. The van der Waals surface area contributed by atoms with E-state index in [0.717, 1.165) is 24.8 Å². The molecule has 3 heteroatoms. The number of rotatable bonds is 4. The predicted molar refractivity (Wildman–Crippen MR) is 78.8 cm³/mol. The van der Waals surface area contributed by atoms with Gasteiger partial charge >= 0.3 is 0 Å². The molecule has 1 unspecified atom stereocenters. The summed E-state index contributed by atoms with van der Waals surface area (Å²) < 4.78 is 7.85. The van der Waals surface area contributed by atoms with E-state index >= 15 is 0 Å². The van der Waals surface area contributed by atoms with Crippen molar-refractivity contribution < 1.29 is 4.74 Å². The van der Waals surface area contributed by atoms with Gasteiger partial charge < -0.3 is 14.6 Å². The quantitative estimate of drug-likeness (QED) is 0.912. The van der Waals surface area contributed by atoms with Crippen molar-refractivity contribution in [1.29, 1.82) is 0 Å². The maximum absolute atomic E-state index is 5.63. The number of fused-ring (bicyclic) bond motifs is 1. The third-order valence-electron chi connectivity index (χ3n) is 4.03. The Bertz CT molecular complexity index is 567. The first-order valence-corrected chi connectivity index (χ1v) is 7.19. The molecule has 0 spiro atoms. The summed E-state index contributed by atoms with van der Waals surface area (Å²) in [6.45, 7) is 5.07. The van der Waals surface area contributed by atoms with Crippen LogP contribution in [0, 0.1) is 5.92 Å². The molecule has 1 fully saturated rings. The van der Waals surface area contributed by atoms with Crippen molar-refractivity contribution in [3.8, 4) is 5.75 Å². The van der Waals surface area contributed by atoms with Crippen molar-refractivity contribution in [2.75, 3.05) is 19.7 Å². The fourth-order valence-corrected chi connectivity index (χ4v) is 3.07. The number of hydrogen-bond donors (Lipinski definition) is 1. The monoisotopic (exact) mass is 258 g/mol. The molecule has 0 saturated carbocycles. The van der Waals surface area contributed by atoms with Crippen LogP contribution in [0.25, 0.3) is 10.9 Å². The summed E-state index contributed by atoms with van der Waals surface area (Å²) in [5, 5.41) is 4.80. The SMILES string of the molecule is CCOc1ccc2c(c1)c(CC1CCNC1)cn2C. The fourth-order valence-electron chi connectivity index (χ4n) is 3.07. The van der Waals surface area contributed by atoms with Crippen LogP contribution in [0.2, 0.25) is 0 Å². The van der Waals surface area contributed by atoms with Crippen LogP contribution >= 0.6 is 0 Å². The van der Waals surface area contributed by atoms with E-state index in [-0.39, 0.29) is 0 Å². The number of aromatic nitrogens is 1. The molecule has 1 aromatic heterocycles. The Morgan fingerprint density at radius 3 is 3.05 bits per heavy atom. The van der Waals surface area contributed by atoms with Crippen molar-refractivity contribution in [2.24, 2.45) is 13.0 Å². The second-order valence-corrected chi connectivity index (χ2v) is 5.44. The molecule has 2 aromatic rings. The minimum atomic E-state index is 0.722. The van der Waals surface area contributed by atoms with E-state index in [9.17, 15) is 0 Å². The van der Waals surface area contributed by atoms with E-state index in [1.165, 1.54) is 35.9 Å². The van der Waals surface area contributed by atoms with E-state index < -0.39 is 0 Å². The van der Waals surface area contributed by atoms with Crippen LogP contribution in [0.1, 0.15) is 18.9 Å². The Hall–Kier alpha value is -1.48. The van der Waals surface area contributed by atoms with Gasteiger partial charge in [-0.15, -0.1) is 0 Å². The lowest BCUT2D eigenvalue weighted by atomic mass is 9.98. The van der Waals surface area contributed by atoms with Crippen molar-refractivity contribution in [3.63, 3.8) is 0 Å². The zero-order chi connectivity index (χ0) is 13.2. The first-order chi connectivity index (χ1) is 9.28. The smallest absolute Gasteiger partial charge is 0.120 e. The summed E-state index contributed by atoms with van der Waals surface area (Å²) in [6, 6.07) is 6.42. The van der Waals surface area contributed by atoms with Gasteiger partial charge in [-0.3, -0.25) is 0 Å². The van der Waals surface area contributed by atoms with Crippen molar-refractivity contribution in [3.05, 3.63) is 30.0 Å². The van der Waals surface area contributed by atoms with E-state index in [0.29, 0.717) is 0 Å². The lowest BCUT2D eigenvalue weighted by Gasteiger charge is -2.07. The first-order valence-electron chi connectivity index (χ1n) is 7.19. The van der Waals surface area contributed by atoms with Gasteiger partial charge in [0.05, 0.1) is 6.61 Å². The van der Waals surface area contributed by atoms with Crippen LogP contribution in [0.5, 0.6) is 5.75 Å². The molecule has 2 heterocycles. The van der Waals surface area contributed by atoms with Crippen LogP contribution in [-0.4, -0.2) is 24.3 Å². The van der Waals surface area contributed by atoms with Crippen LogP contribution in [0.3, 0.4) is 0 Å². The second kappa shape index (κ2) is 5.25. The Morgan fingerprint density at radius 1 is 1.42 bits per heavy atom. The zero-order valence-electron chi connectivity index (χ0n) is 11.8. The van der Waals surface area contributed by atoms with Gasteiger partial charge in [-0.25, -0.2) is 0 Å². The summed E-state index contributed by atoms with van der Waals surface area (Å²) in [6.07, 6.45) is 4.74. The first kappa shape index (κ1) is 12.5. The van der Waals surface area contributed by atoms with Crippen LogP contribution in [0.15, 0.2) is 24.4 Å². The van der Waals surface area contributed by atoms with Crippen LogP contribution in [0.4, 0.5) is 0 Å². The molecule has 1 atom stereocenters. The number of nitrogens with zero attached hydrogens (tertiary/aromatic N) is 1. The molecule has 0 radical (unpaired) electrons. The average molecular weight is 258 g/mol. The summed E-state index contributed by atoms with van der Waals surface area (Å²) in [4.78, 5) is 0. The third-order valence-corrected chi connectivity index (χ3v) is 4.03.